The first-order chi connectivity index (χ1) is 9.32. The summed E-state index contributed by atoms with van der Waals surface area (Å²) in [5.41, 5.74) is 7.07. The topological polar surface area (TPSA) is 76.5 Å². The lowest BCUT2D eigenvalue weighted by molar-refractivity contribution is 0.457. The summed E-state index contributed by atoms with van der Waals surface area (Å²) in [5.74, 6) is -0.809. The molecule has 1 heterocycles. The number of sulfonamides is 1. The Bertz CT molecular complexity index is 711. The highest BCUT2D eigenvalue weighted by molar-refractivity contribution is 7.89. The average molecular weight is 298 g/mol. The van der Waals surface area contributed by atoms with Gasteiger partial charge in [-0.05, 0) is 30.7 Å². The van der Waals surface area contributed by atoms with E-state index in [1.807, 2.05) is 0 Å². The van der Waals surface area contributed by atoms with E-state index in [9.17, 15) is 12.8 Å². The Balaban J connectivity index is 2.37. The number of rotatable bonds is 4. The largest absolute Gasteiger partial charge is 0.472 e. The predicted octanol–water partition coefficient (Wildman–Crippen LogP) is 2.13. The normalized spacial score (nSPS) is 12.0. The summed E-state index contributed by atoms with van der Waals surface area (Å²) < 4.78 is 44.5. The highest BCUT2D eigenvalue weighted by Gasteiger charge is 2.25. The number of nitrogen functional groups attached to an aromatic ring is 1. The molecule has 0 amide bonds. The van der Waals surface area contributed by atoms with Gasteiger partial charge in [0.25, 0.3) is 0 Å². The Hall–Kier alpha value is -1.86. The molecule has 0 aliphatic heterocycles. The maximum absolute atomic E-state index is 13.9. The summed E-state index contributed by atoms with van der Waals surface area (Å²) in [6.45, 7) is 1.70. The second kappa shape index (κ2) is 5.26. The van der Waals surface area contributed by atoms with Crippen molar-refractivity contribution in [2.45, 2.75) is 18.4 Å². The number of nitrogens with zero attached hydrogens (tertiary/aromatic N) is 1. The fourth-order valence-corrected chi connectivity index (χ4v) is 2.99. The van der Waals surface area contributed by atoms with E-state index < -0.39 is 20.7 Å². The van der Waals surface area contributed by atoms with Gasteiger partial charge in [-0.2, -0.15) is 4.31 Å². The van der Waals surface area contributed by atoms with Crippen molar-refractivity contribution in [3.05, 3.63) is 47.7 Å². The summed E-state index contributed by atoms with van der Waals surface area (Å²) in [7, 11) is -2.58. The molecule has 0 unspecified atom stereocenters. The van der Waals surface area contributed by atoms with Gasteiger partial charge < -0.3 is 10.2 Å². The Morgan fingerprint density at radius 2 is 2.10 bits per heavy atom. The quantitative estimate of drug-likeness (QED) is 0.877. The summed E-state index contributed by atoms with van der Waals surface area (Å²) >= 11 is 0. The number of hydrogen-bond acceptors (Lipinski definition) is 4. The third kappa shape index (κ3) is 2.68. The number of hydrogen-bond donors (Lipinski definition) is 1. The van der Waals surface area contributed by atoms with Crippen LogP contribution in [0, 0.1) is 12.7 Å². The molecule has 1 aromatic carbocycles. The lowest BCUT2D eigenvalue weighted by Crippen LogP contribution is -2.27. The smallest absolute Gasteiger partial charge is 0.246 e. The lowest BCUT2D eigenvalue weighted by Gasteiger charge is -2.17. The molecule has 0 spiro atoms. The van der Waals surface area contributed by atoms with E-state index in [1.165, 1.54) is 19.6 Å². The van der Waals surface area contributed by atoms with E-state index in [1.54, 1.807) is 13.0 Å². The molecule has 0 fully saturated rings. The highest BCUT2D eigenvalue weighted by atomic mass is 32.2. The van der Waals surface area contributed by atoms with E-state index in [-0.39, 0.29) is 12.2 Å². The molecule has 108 valence electrons. The Morgan fingerprint density at radius 1 is 1.40 bits per heavy atom. The maximum Gasteiger partial charge on any atom is 0.246 e. The Labute approximate surface area is 116 Å². The fourth-order valence-electron chi connectivity index (χ4n) is 1.76. The highest BCUT2D eigenvalue weighted by Crippen LogP contribution is 2.24. The molecule has 7 heteroatoms. The van der Waals surface area contributed by atoms with E-state index in [0.29, 0.717) is 11.1 Å². The van der Waals surface area contributed by atoms with Gasteiger partial charge in [0.1, 0.15) is 10.7 Å². The first-order valence-corrected chi connectivity index (χ1v) is 7.29. The number of furan rings is 1. The molecule has 0 radical (unpaired) electrons. The average Bonchev–Trinajstić information content (AvgIpc) is 2.86. The van der Waals surface area contributed by atoms with Crippen LogP contribution in [0.25, 0.3) is 0 Å². The first-order valence-electron chi connectivity index (χ1n) is 5.85. The summed E-state index contributed by atoms with van der Waals surface area (Å²) in [4.78, 5) is -0.424. The molecule has 0 atom stereocenters. The van der Waals surface area contributed by atoms with Crippen LogP contribution in [0.1, 0.15) is 11.1 Å². The van der Waals surface area contributed by atoms with E-state index >= 15 is 0 Å². The number of nitrogens with two attached hydrogens (primary N) is 1. The molecular formula is C13H15FN2O3S. The molecular weight excluding hydrogens is 283 g/mol. The van der Waals surface area contributed by atoms with Crippen LogP contribution in [0.3, 0.4) is 0 Å². The molecule has 1 aromatic heterocycles. The monoisotopic (exact) mass is 298 g/mol. The Kier molecular flexibility index (Phi) is 3.82. The molecule has 0 saturated carbocycles. The van der Waals surface area contributed by atoms with Crippen molar-refractivity contribution in [2.75, 3.05) is 12.8 Å². The van der Waals surface area contributed by atoms with Crippen LogP contribution in [-0.4, -0.2) is 19.8 Å². The van der Waals surface area contributed by atoms with Gasteiger partial charge in [-0.25, -0.2) is 12.8 Å². The molecule has 2 N–H and O–H groups in total. The number of aryl methyl sites for hydroxylation is 1. The maximum atomic E-state index is 13.9. The number of anilines is 1. The molecule has 2 rings (SSSR count). The second-order valence-corrected chi connectivity index (χ2v) is 6.55. The molecule has 2 aromatic rings. The predicted molar refractivity (Wildman–Crippen MR) is 72.9 cm³/mol. The van der Waals surface area contributed by atoms with Gasteiger partial charge in [0.15, 0.2) is 0 Å². The van der Waals surface area contributed by atoms with E-state index in [2.05, 4.69) is 0 Å². The molecule has 5 nitrogen and oxygen atoms in total. The van der Waals surface area contributed by atoms with Gasteiger partial charge >= 0.3 is 0 Å². The van der Waals surface area contributed by atoms with E-state index in [4.69, 9.17) is 10.2 Å². The van der Waals surface area contributed by atoms with Crippen LogP contribution in [0.15, 0.2) is 40.0 Å². The minimum Gasteiger partial charge on any atom is -0.472 e. The van der Waals surface area contributed by atoms with Crippen molar-refractivity contribution in [2.24, 2.45) is 0 Å². The van der Waals surface area contributed by atoms with Crippen LogP contribution < -0.4 is 5.73 Å². The van der Waals surface area contributed by atoms with Crippen LogP contribution in [0.2, 0.25) is 0 Å². The van der Waals surface area contributed by atoms with Crippen molar-refractivity contribution in [1.29, 1.82) is 0 Å². The summed E-state index contributed by atoms with van der Waals surface area (Å²) in [6.07, 6.45) is 2.88. The minimum absolute atomic E-state index is 0.0893. The molecule has 0 aliphatic carbocycles. The second-order valence-electron chi connectivity index (χ2n) is 4.53. The van der Waals surface area contributed by atoms with Crippen LogP contribution in [0.4, 0.5) is 10.1 Å². The van der Waals surface area contributed by atoms with Crippen molar-refractivity contribution < 1.29 is 17.2 Å². The fraction of sp³-hybridized carbons (Fsp3) is 0.231. The van der Waals surface area contributed by atoms with Crippen molar-refractivity contribution in [1.82, 2.24) is 4.31 Å². The van der Waals surface area contributed by atoms with Crippen molar-refractivity contribution in [3.63, 3.8) is 0 Å². The van der Waals surface area contributed by atoms with Gasteiger partial charge in [0, 0.05) is 24.8 Å². The zero-order chi connectivity index (χ0) is 14.9. The molecule has 0 bridgehead atoms. The SMILES string of the molecule is Cc1cc(F)c(S(=O)(=O)N(C)Cc2ccoc2)cc1N. The molecule has 20 heavy (non-hydrogen) atoms. The minimum atomic E-state index is -3.95. The van der Waals surface area contributed by atoms with Crippen molar-refractivity contribution in [3.8, 4) is 0 Å². The zero-order valence-corrected chi connectivity index (χ0v) is 11.9. The third-order valence-electron chi connectivity index (χ3n) is 2.99. The summed E-state index contributed by atoms with van der Waals surface area (Å²) in [6, 6.07) is 3.91. The third-order valence-corrected chi connectivity index (χ3v) is 4.81. The number of halogens is 1. The van der Waals surface area contributed by atoms with Gasteiger partial charge in [-0.1, -0.05) is 0 Å². The van der Waals surface area contributed by atoms with E-state index in [0.717, 1.165) is 16.4 Å². The lowest BCUT2D eigenvalue weighted by atomic mass is 10.2. The number of benzene rings is 1. The first kappa shape index (κ1) is 14.5. The molecule has 0 saturated heterocycles. The van der Waals surface area contributed by atoms with Gasteiger partial charge in [0.05, 0.1) is 12.5 Å². The van der Waals surface area contributed by atoms with Crippen LogP contribution >= 0.6 is 0 Å². The van der Waals surface area contributed by atoms with Crippen LogP contribution in [0.5, 0.6) is 0 Å². The van der Waals surface area contributed by atoms with Crippen LogP contribution in [-0.2, 0) is 16.6 Å². The van der Waals surface area contributed by atoms with Gasteiger partial charge in [0.2, 0.25) is 10.0 Å². The summed E-state index contributed by atoms with van der Waals surface area (Å²) in [5, 5.41) is 0. The van der Waals surface area contributed by atoms with Gasteiger partial charge in [-0.3, -0.25) is 0 Å². The standard InChI is InChI=1S/C13H15FN2O3S/c1-9-5-11(14)13(6-12(9)15)20(17,18)16(2)7-10-3-4-19-8-10/h3-6,8H,7,15H2,1-2H3. The zero-order valence-electron chi connectivity index (χ0n) is 11.1. The van der Waals surface area contributed by atoms with Crippen molar-refractivity contribution >= 4 is 15.7 Å². The van der Waals surface area contributed by atoms with Gasteiger partial charge in [-0.15, -0.1) is 0 Å². The molecule has 0 aliphatic rings. The Morgan fingerprint density at radius 3 is 2.70 bits per heavy atom.